The molecule has 0 aromatic heterocycles. The SMILES string of the molecule is O=C(O)CCCc1ccc(N2CCCC2=O)cc1. The van der Waals surface area contributed by atoms with Crippen LogP contribution in [0.5, 0.6) is 0 Å². The second kappa shape index (κ2) is 5.67. The summed E-state index contributed by atoms with van der Waals surface area (Å²) in [7, 11) is 0. The van der Waals surface area contributed by atoms with E-state index in [1.54, 1.807) is 4.90 Å². The van der Waals surface area contributed by atoms with Gasteiger partial charge in [-0.3, -0.25) is 9.59 Å². The summed E-state index contributed by atoms with van der Waals surface area (Å²) in [5.74, 6) is -0.567. The Balaban J connectivity index is 1.93. The molecule has 0 aliphatic carbocycles. The minimum absolute atomic E-state index is 0.189. The largest absolute Gasteiger partial charge is 0.481 e. The van der Waals surface area contributed by atoms with Crippen LogP contribution in [0.25, 0.3) is 0 Å². The fourth-order valence-electron chi connectivity index (χ4n) is 2.21. The second-order valence-electron chi connectivity index (χ2n) is 4.56. The predicted octanol–water partition coefficient (Wildman–Crippen LogP) is 2.22. The Bertz CT molecular complexity index is 439. The van der Waals surface area contributed by atoms with Gasteiger partial charge in [0.15, 0.2) is 0 Å². The van der Waals surface area contributed by atoms with Gasteiger partial charge in [0.2, 0.25) is 5.91 Å². The Morgan fingerprint density at radius 3 is 2.56 bits per heavy atom. The van der Waals surface area contributed by atoms with E-state index in [-0.39, 0.29) is 12.3 Å². The molecule has 1 heterocycles. The Morgan fingerprint density at radius 2 is 2.00 bits per heavy atom. The molecule has 2 rings (SSSR count). The molecule has 1 amide bonds. The first kappa shape index (κ1) is 12.6. The Kier molecular flexibility index (Phi) is 3.97. The number of carboxylic acid groups (broad SMARTS) is 1. The van der Waals surface area contributed by atoms with E-state index in [4.69, 9.17) is 5.11 Å². The lowest BCUT2D eigenvalue weighted by molar-refractivity contribution is -0.137. The zero-order valence-electron chi connectivity index (χ0n) is 10.3. The lowest BCUT2D eigenvalue weighted by atomic mass is 10.1. The van der Waals surface area contributed by atoms with Crippen molar-refractivity contribution in [1.82, 2.24) is 0 Å². The molecule has 4 heteroatoms. The van der Waals surface area contributed by atoms with Crippen LogP contribution < -0.4 is 4.90 Å². The van der Waals surface area contributed by atoms with E-state index < -0.39 is 5.97 Å². The van der Waals surface area contributed by atoms with Crippen LogP contribution in [0.15, 0.2) is 24.3 Å². The van der Waals surface area contributed by atoms with Crippen LogP contribution in [0.4, 0.5) is 5.69 Å². The molecule has 4 nitrogen and oxygen atoms in total. The summed E-state index contributed by atoms with van der Waals surface area (Å²) in [6.07, 6.45) is 3.18. The van der Waals surface area contributed by atoms with Crippen molar-refractivity contribution in [2.45, 2.75) is 32.1 Å². The average Bonchev–Trinajstić information content (AvgIpc) is 2.76. The number of hydrogen-bond donors (Lipinski definition) is 1. The normalized spacial score (nSPS) is 15.1. The molecule has 1 aromatic rings. The lowest BCUT2D eigenvalue weighted by Crippen LogP contribution is -2.23. The number of anilines is 1. The highest BCUT2D eigenvalue weighted by Gasteiger charge is 2.21. The summed E-state index contributed by atoms with van der Waals surface area (Å²) in [6, 6.07) is 7.84. The number of carboxylic acids is 1. The van der Waals surface area contributed by atoms with Crippen molar-refractivity contribution in [3.8, 4) is 0 Å². The third-order valence-electron chi connectivity index (χ3n) is 3.18. The smallest absolute Gasteiger partial charge is 0.303 e. The molecule has 1 N–H and O–H groups in total. The molecule has 0 radical (unpaired) electrons. The van der Waals surface area contributed by atoms with Crippen molar-refractivity contribution < 1.29 is 14.7 Å². The Labute approximate surface area is 106 Å². The zero-order chi connectivity index (χ0) is 13.0. The van der Waals surface area contributed by atoms with Gasteiger partial charge in [-0.2, -0.15) is 0 Å². The van der Waals surface area contributed by atoms with Crippen molar-refractivity contribution in [1.29, 1.82) is 0 Å². The fraction of sp³-hybridized carbons (Fsp3) is 0.429. The minimum atomic E-state index is -0.755. The van der Waals surface area contributed by atoms with Gasteiger partial charge in [-0.15, -0.1) is 0 Å². The number of nitrogens with zero attached hydrogens (tertiary/aromatic N) is 1. The van der Waals surface area contributed by atoms with E-state index in [2.05, 4.69) is 0 Å². The van der Waals surface area contributed by atoms with Crippen LogP contribution in [0.2, 0.25) is 0 Å². The molecule has 1 fully saturated rings. The van der Waals surface area contributed by atoms with Crippen molar-refractivity contribution in [3.05, 3.63) is 29.8 Å². The summed E-state index contributed by atoms with van der Waals surface area (Å²) in [6.45, 7) is 0.803. The van der Waals surface area contributed by atoms with E-state index in [1.807, 2.05) is 24.3 Å². The van der Waals surface area contributed by atoms with Gasteiger partial charge < -0.3 is 10.0 Å². The van der Waals surface area contributed by atoms with Gasteiger partial charge in [-0.1, -0.05) is 12.1 Å². The summed E-state index contributed by atoms with van der Waals surface area (Å²) >= 11 is 0. The van der Waals surface area contributed by atoms with E-state index in [1.165, 1.54) is 0 Å². The van der Waals surface area contributed by atoms with Gasteiger partial charge in [-0.25, -0.2) is 0 Å². The molecule has 0 spiro atoms. The molecule has 1 aliphatic heterocycles. The predicted molar refractivity (Wildman–Crippen MR) is 68.6 cm³/mol. The number of carbonyl (C=O) groups excluding carboxylic acids is 1. The summed E-state index contributed by atoms with van der Waals surface area (Å²) in [4.78, 5) is 23.8. The topological polar surface area (TPSA) is 57.6 Å². The fourth-order valence-corrected chi connectivity index (χ4v) is 2.21. The average molecular weight is 247 g/mol. The summed E-state index contributed by atoms with van der Waals surface area (Å²) in [5, 5.41) is 8.56. The first-order chi connectivity index (χ1) is 8.66. The number of rotatable bonds is 5. The molecule has 1 saturated heterocycles. The molecule has 0 bridgehead atoms. The number of carbonyl (C=O) groups is 2. The third kappa shape index (κ3) is 3.09. The lowest BCUT2D eigenvalue weighted by Gasteiger charge is -2.15. The van der Waals surface area contributed by atoms with Gasteiger partial charge in [0.25, 0.3) is 0 Å². The van der Waals surface area contributed by atoms with Crippen LogP contribution in [-0.2, 0) is 16.0 Å². The van der Waals surface area contributed by atoms with Gasteiger partial charge >= 0.3 is 5.97 Å². The molecule has 0 saturated carbocycles. The quantitative estimate of drug-likeness (QED) is 0.868. The number of aryl methyl sites for hydroxylation is 1. The van der Waals surface area contributed by atoms with Crippen LogP contribution in [-0.4, -0.2) is 23.5 Å². The molecular weight excluding hydrogens is 230 g/mol. The molecule has 0 atom stereocenters. The number of aliphatic carboxylic acids is 1. The van der Waals surface area contributed by atoms with E-state index in [0.717, 1.165) is 30.6 Å². The Hall–Kier alpha value is -1.84. The monoisotopic (exact) mass is 247 g/mol. The first-order valence-corrected chi connectivity index (χ1v) is 6.28. The second-order valence-corrected chi connectivity index (χ2v) is 4.56. The highest BCUT2D eigenvalue weighted by Crippen LogP contribution is 2.21. The number of amides is 1. The van der Waals surface area contributed by atoms with Gasteiger partial charge in [-0.05, 0) is 37.0 Å². The van der Waals surface area contributed by atoms with E-state index >= 15 is 0 Å². The summed E-state index contributed by atoms with van der Waals surface area (Å²) in [5.41, 5.74) is 2.06. The van der Waals surface area contributed by atoms with Crippen molar-refractivity contribution in [2.75, 3.05) is 11.4 Å². The maximum atomic E-state index is 11.6. The Morgan fingerprint density at radius 1 is 1.28 bits per heavy atom. The molecule has 1 aromatic carbocycles. The molecule has 18 heavy (non-hydrogen) atoms. The van der Waals surface area contributed by atoms with Crippen molar-refractivity contribution >= 4 is 17.6 Å². The van der Waals surface area contributed by atoms with Crippen LogP contribution >= 0.6 is 0 Å². The van der Waals surface area contributed by atoms with Crippen LogP contribution in [0.3, 0.4) is 0 Å². The zero-order valence-corrected chi connectivity index (χ0v) is 10.3. The number of benzene rings is 1. The van der Waals surface area contributed by atoms with Crippen LogP contribution in [0.1, 0.15) is 31.2 Å². The molecule has 1 aliphatic rings. The van der Waals surface area contributed by atoms with Gasteiger partial charge in [0, 0.05) is 25.1 Å². The number of hydrogen-bond acceptors (Lipinski definition) is 2. The van der Waals surface area contributed by atoms with Gasteiger partial charge in [0.05, 0.1) is 0 Å². The van der Waals surface area contributed by atoms with Gasteiger partial charge in [0.1, 0.15) is 0 Å². The first-order valence-electron chi connectivity index (χ1n) is 6.28. The van der Waals surface area contributed by atoms with E-state index in [9.17, 15) is 9.59 Å². The van der Waals surface area contributed by atoms with Crippen molar-refractivity contribution in [2.24, 2.45) is 0 Å². The summed E-state index contributed by atoms with van der Waals surface area (Å²) < 4.78 is 0. The van der Waals surface area contributed by atoms with Crippen molar-refractivity contribution in [3.63, 3.8) is 0 Å². The van der Waals surface area contributed by atoms with E-state index in [0.29, 0.717) is 12.8 Å². The maximum Gasteiger partial charge on any atom is 0.303 e. The molecule has 0 unspecified atom stereocenters. The highest BCUT2D eigenvalue weighted by atomic mass is 16.4. The molecule has 96 valence electrons. The maximum absolute atomic E-state index is 11.6. The minimum Gasteiger partial charge on any atom is -0.481 e. The highest BCUT2D eigenvalue weighted by molar-refractivity contribution is 5.95. The standard InChI is InChI=1S/C14H17NO3/c16-13-4-2-10-15(13)12-8-6-11(7-9-12)3-1-5-14(17)18/h6-9H,1-5,10H2,(H,17,18). The van der Waals surface area contributed by atoms with Crippen LogP contribution in [0, 0.1) is 0 Å². The molecular formula is C14H17NO3. The third-order valence-corrected chi connectivity index (χ3v) is 3.18.